The van der Waals surface area contributed by atoms with Gasteiger partial charge in [0, 0.05) is 0 Å². The second-order valence-electron chi connectivity index (χ2n) is 6.04. The standard InChI is InChI=1S/C20H19FO6/c21-17-15(11-22)26-16(12-25-19(23)13-7-3-1-4-8-13)18(17)27-20(24)14-9-5-2-6-10-14/h1-10,15-18,22H,11-12H2/t15?,16-,17-,18-/m1/s1. The molecule has 2 aromatic carbocycles. The predicted octanol–water partition coefficient (Wildman–Crippen LogP) is 2.17. The molecule has 0 aromatic heterocycles. The van der Waals surface area contributed by atoms with E-state index in [0.29, 0.717) is 5.56 Å². The van der Waals surface area contributed by atoms with Crippen LogP contribution < -0.4 is 0 Å². The van der Waals surface area contributed by atoms with Crippen LogP contribution in [-0.2, 0) is 14.2 Å². The minimum absolute atomic E-state index is 0.261. The lowest BCUT2D eigenvalue weighted by molar-refractivity contribution is -0.0503. The van der Waals surface area contributed by atoms with Crippen molar-refractivity contribution in [2.45, 2.75) is 24.5 Å². The molecule has 142 valence electrons. The Bertz CT molecular complexity index is 767. The van der Waals surface area contributed by atoms with E-state index in [0.717, 1.165) is 0 Å². The monoisotopic (exact) mass is 374 g/mol. The lowest BCUT2D eigenvalue weighted by Gasteiger charge is -2.20. The number of halogens is 1. The zero-order valence-corrected chi connectivity index (χ0v) is 14.4. The van der Waals surface area contributed by atoms with Crippen molar-refractivity contribution in [2.75, 3.05) is 13.2 Å². The second-order valence-corrected chi connectivity index (χ2v) is 6.04. The van der Waals surface area contributed by atoms with Gasteiger partial charge in [0.15, 0.2) is 12.3 Å². The van der Waals surface area contributed by atoms with Crippen LogP contribution in [0.3, 0.4) is 0 Å². The third-order valence-electron chi connectivity index (χ3n) is 4.21. The largest absolute Gasteiger partial charge is 0.459 e. The summed E-state index contributed by atoms with van der Waals surface area (Å²) in [6, 6.07) is 16.4. The number of carbonyl (C=O) groups is 2. The van der Waals surface area contributed by atoms with Gasteiger partial charge in [0.1, 0.15) is 18.8 Å². The van der Waals surface area contributed by atoms with Gasteiger partial charge in [-0.25, -0.2) is 14.0 Å². The van der Waals surface area contributed by atoms with Crippen molar-refractivity contribution < 1.29 is 33.3 Å². The van der Waals surface area contributed by atoms with Gasteiger partial charge in [0.25, 0.3) is 0 Å². The number of aliphatic hydroxyl groups is 1. The SMILES string of the molecule is O=C(OC[C@H]1OC(CO)[C@@H](F)[C@@H]1OC(=O)c1ccccc1)c1ccccc1. The molecule has 1 aliphatic heterocycles. The summed E-state index contributed by atoms with van der Waals surface area (Å²) in [6.07, 6.45) is -5.20. The average Bonchev–Trinajstić information content (AvgIpc) is 3.02. The van der Waals surface area contributed by atoms with Gasteiger partial charge in [-0.05, 0) is 24.3 Å². The van der Waals surface area contributed by atoms with E-state index in [-0.39, 0.29) is 12.2 Å². The first-order valence-electron chi connectivity index (χ1n) is 8.48. The molecule has 0 aliphatic carbocycles. The van der Waals surface area contributed by atoms with Gasteiger partial charge in [0.2, 0.25) is 0 Å². The number of hydrogen-bond donors (Lipinski definition) is 1. The smallest absolute Gasteiger partial charge is 0.338 e. The van der Waals surface area contributed by atoms with Crippen molar-refractivity contribution in [3.05, 3.63) is 71.8 Å². The van der Waals surface area contributed by atoms with Crippen LogP contribution >= 0.6 is 0 Å². The van der Waals surface area contributed by atoms with Crippen molar-refractivity contribution in [1.82, 2.24) is 0 Å². The first-order chi connectivity index (χ1) is 13.1. The lowest BCUT2D eigenvalue weighted by Crippen LogP contribution is -2.37. The fourth-order valence-electron chi connectivity index (χ4n) is 2.79. The summed E-state index contributed by atoms with van der Waals surface area (Å²) < 4.78 is 30.3. The molecule has 1 fully saturated rings. The maximum atomic E-state index is 14.5. The van der Waals surface area contributed by atoms with E-state index >= 15 is 0 Å². The fourth-order valence-corrected chi connectivity index (χ4v) is 2.79. The molecule has 1 aliphatic rings. The van der Waals surface area contributed by atoms with Crippen LogP contribution in [0.25, 0.3) is 0 Å². The van der Waals surface area contributed by atoms with Gasteiger partial charge in [-0.1, -0.05) is 36.4 Å². The molecule has 0 spiro atoms. The summed E-state index contributed by atoms with van der Waals surface area (Å²) >= 11 is 0. The van der Waals surface area contributed by atoms with Crippen LogP contribution in [0.2, 0.25) is 0 Å². The molecule has 1 saturated heterocycles. The van der Waals surface area contributed by atoms with Gasteiger partial charge in [-0.15, -0.1) is 0 Å². The van der Waals surface area contributed by atoms with E-state index in [2.05, 4.69) is 0 Å². The van der Waals surface area contributed by atoms with Crippen molar-refractivity contribution in [3.63, 3.8) is 0 Å². The van der Waals surface area contributed by atoms with Gasteiger partial charge >= 0.3 is 11.9 Å². The molecular formula is C20H19FO6. The Morgan fingerprint density at radius 2 is 1.48 bits per heavy atom. The van der Waals surface area contributed by atoms with E-state index in [9.17, 15) is 19.1 Å². The Kier molecular flexibility index (Phi) is 6.16. The first kappa shape index (κ1) is 19.0. The summed E-state index contributed by atoms with van der Waals surface area (Å²) in [7, 11) is 0. The van der Waals surface area contributed by atoms with Crippen LogP contribution in [0.1, 0.15) is 20.7 Å². The molecular weight excluding hydrogens is 355 g/mol. The third-order valence-corrected chi connectivity index (χ3v) is 4.21. The van der Waals surface area contributed by atoms with E-state index in [1.807, 2.05) is 0 Å². The van der Waals surface area contributed by atoms with Crippen LogP contribution in [-0.4, -0.2) is 54.7 Å². The van der Waals surface area contributed by atoms with E-state index in [1.165, 1.54) is 0 Å². The van der Waals surface area contributed by atoms with E-state index < -0.39 is 43.0 Å². The number of ether oxygens (including phenoxy) is 3. The molecule has 4 atom stereocenters. The predicted molar refractivity (Wildman–Crippen MR) is 93.0 cm³/mol. The van der Waals surface area contributed by atoms with Gasteiger partial charge in [-0.3, -0.25) is 0 Å². The highest BCUT2D eigenvalue weighted by Crippen LogP contribution is 2.28. The van der Waals surface area contributed by atoms with Gasteiger partial charge in [0.05, 0.1) is 17.7 Å². The first-order valence-corrected chi connectivity index (χ1v) is 8.48. The van der Waals surface area contributed by atoms with Crippen molar-refractivity contribution >= 4 is 11.9 Å². The Labute approximate surface area is 155 Å². The van der Waals surface area contributed by atoms with Crippen LogP contribution in [0, 0.1) is 0 Å². The number of aliphatic hydroxyl groups excluding tert-OH is 1. The van der Waals surface area contributed by atoms with Gasteiger partial charge in [-0.2, -0.15) is 0 Å². The zero-order chi connectivity index (χ0) is 19.2. The topological polar surface area (TPSA) is 82.1 Å². The summed E-state index contributed by atoms with van der Waals surface area (Å²) in [6.45, 7) is -0.888. The Morgan fingerprint density at radius 3 is 2.04 bits per heavy atom. The molecule has 0 amide bonds. The van der Waals surface area contributed by atoms with E-state index in [4.69, 9.17) is 14.2 Å². The molecule has 1 heterocycles. The number of benzene rings is 2. The maximum Gasteiger partial charge on any atom is 0.338 e. The molecule has 6 nitrogen and oxygen atoms in total. The van der Waals surface area contributed by atoms with Crippen LogP contribution in [0.5, 0.6) is 0 Å². The molecule has 0 saturated carbocycles. The molecule has 2 aromatic rings. The molecule has 27 heavy (non-hydrogen) atoms. The minimum atomic E-state index is -1.73. The van der Waals surface area contributed by atoms with Crippen molar-refractivity contribution in [3.8, 4) is 0 Å². The van der Waals surface area contributed by atoms with E-state index in [1.54, 1.807) is 60.7 Å². The normalized spacial score (nSPS) is 24.4. The Morgan fingerprint density at radius 1 is 0.926 bits per heavy atom. The number of esters is 2. The molecule has 7 heteroatoms. The van der Waals surface area contributed by atoms with Crippen molar-refractivity contribution in [2.24, 2.45) is 0 Å². The quantitative estimate of drug-likeness (QED) is 0.781. The lowest BCUT2D eigenvalue weighted by atomic mass is 10.1. The van der Waals surface area contributed by atoms with Crippen LogP contribution in [0.4, 0.5) is 4.39 Å². The summed E-state index contributed by atoms with van der Waals surface area (Å²) in [5.41, 5.74) is 0.598. The molecule has 3 rings (SSSR count). The third kappa shape index (κ3) is 4.50. The number of rotatable bonds is 6. The highest BCUT2D eigenvalue weighted by molar-refractivity contribution is 5.90. The highest BCUT2D eigenvalue weighted by Gasteiger charge is 2.48. The number of alkyl halides is 1. The molecule has 0 radical (unpaired) electrons. The fraction of sp³-hybridized carbons (Fsp3) is 0.300. The molecule has 1 N–H and O–H groups in total. The summed E-state index contributed by atoms with van der Waals surface area (Å²) in [5.74, 6) is -1.32. The summed E-state index contributed by atoms with van der Waals surface area (Å²) in [5, 5.41) is 9.27. The minimum Gasteiger partial charge on any atom is -0.459 e. The van der Waals surface area contributed by atoms with Gasteiger partial charge < -0.3 is 19.3 Å². The summed E-state index contributed by atoms with van der Waals surface area (Å²) in [4.78, 5) is 24.3. The molecule has 0 bridgehead atoms. The van der Waals surface area contributed by atoms with Crippen LogP contribution in [0.15, 0.2) is 60.7 Å². The Balaban J connectivity index is 1.66. The van der Waals surface area contributed by atoms with Crippen molar-refractivity contribution in [1.29, 1.82) is 0 Å². The second kappa shape index (κ2) is 8.75. The highest BCUT2D eigenvalue weighted by atomic mass is 19.1. The molecule has 1 unspecified atom stereocenters. The number of carbonyl (C=O) groups excluding carboxylic acids is 2. The number of hydrogen-bond acceptors (Lipinski definition) is 6. The Hall–Kier alpha value is -2.77. The average molecular weight is 374 g/mol. The maximum absolute atomic E-state index is 14.5. The zero-order valence-electron chi connectivity index (χ0n) is 14.4.